The van der Waals surface area contributed by atoms with Gasteiger partial charge in [0.05, 0.1) is 30.3 Å². The number of amides is 1. The van der Waals surface area contributed by atoms with Gasteiger partial charge in [0.2, 0.25) is 5.91 Å². The molecule has 1 amide bonds. The molecule has 0 radical (unpaired) electrons. The van der Waals surface area contributed by atoms with Gasteiger partial charge in [-0.2, -0.15) is 0 Å². The van der Waals surface area contributed by atoms with Crippen LogP contribution in [0.15, 0.2) is 24.3 Å². The average Bonchev–Trinajstić information content (AvgIpc) is 2.90. The van der Waals surface area contributed by atoms with Crippen molar-refractivity contribution >= 4 is 16.9 Å². The van der Waals surface area contributed by atoms with Crippen LogP contribution in [-0.2, 0) is 16.1 Å². The number of carbonyl (C=O) groups excluding carboxylic acids is 1. The maximum atomic E-state index is 12.3. The van der Waals surface area contributed by atoms with E-state index in [0.717, 1.165) is 36.5 Å². The molecule has 0 spiro atoms. The molecule has 1 aliphatic heterocycles. The van der Waals surface area contributed by atoms with Crippen molar-refractivity contribution in [1.29, 1.82) is 0 Å². The molecule has 0 bridgehead atoms. The van der Waals surface area contributed by atoms with E-state index >= 15 is 0 Å². The van der Waals surface area contributed by atoms with Crippen LogP contribution >= 0.6 is 0 Å². The molecule has 1 N–H and O–H groups in total. The molecule has 0 aliphatic carbocycles. The monoisotopic (exact) mass is 316 g/mol. The van der Waals surface area contributed by atoms with E-state index in [1.54, 1.807) is 0 Å². The van der Waals surface area contributed by atoms with Crippen molar-refractivity contribution in [3.63, 3.8) is 0 Å². The van der Waals surface area contributed by atoms with Crippen LogP contribution in [0.3, 0.4) is 0 Å². The lowest BCUT2D eigenvalue weighted by molar-refractivity contribution is -0.127. The first-order valence-corrected chi connectivity index (χ1v) is 8.18. The van der Waals surface area contributed by atoms with Gasteiger partial charge in [-0.15, -0.1) is 0 Å². The van der Waals surface area contributed by atoms with E-state index in [2.05, 4.69) is 25.8 Å². The van der Waals surface area contributed by atoms with E-state index in [4.69, 9.17) is 4.74 Å². The summed E-state index contributed by atoms with van der Waals surface area (Å²) >= 11 is 0. The molecule has 1 atom stereocenters. The van der Waals surface area contributed by atoms with Crippen LogP contribution in [0.25, 0.3) is 11.0 Å². The third-order valence-electron chi connectivity index (χ3n) is 4.45. The number of aryl methyl sites for hydroxylation is 1. The number of aromatic nitrogens is 2. The van der Waals surface area contributed by atoms with Gasteiger partial charge in [0, 0.05) is 26.2 Å². The highest BCUT2D eigenvalue weighted by atomic mass is 16.5. The van der Waals surface area contributed by atoms with Crippen molar-refractivity contribution in [2.75, 3.05) is 32.8 Å². The number of hydrogen-bond acceptors (Lipinski definition) is 4. The summed E-state index contributed by atoms with van der Waals surface area (Å²) < 4.78 is 7.48. The minimum absolute atomic E-state index is 0.0778. The molecule has 1 aromatic heterocycles. The Kier molecular flexibility index (Phi) is 4.93. The summed E-state index contributed by atoms with van der Waals surface area (Å²) in [5.41, 5.74) is 2.11. The smallest absolute Gasteiger partial charge is 0.237 e. The third kappa shape index (κ3) is 3.54. The van der Waals surface area contributed by atoms with Gasteiger partial charge in [0.15, 0.2) is 0 Å². The van der Waals surface area contributed by atoms with Crippen molar-refractivity contribution < 1.29 is 9.53 Å². The predicted molar refractivity (Wildman–Crippen MR) is 89.3 cm³/mol. The maximum Gasteiger partial charge on any atom is 0.237 e. The van der Waals surface area contributed by atoms with E-state index in [9.17, 15) is 4.79 Å². The lowest BCUT2D eigenvalue weighted by Gasteiger charge is -2.31. The van der Waals surface area contributed by atoms with Crippen molar-refractivity contribution in [1.82, 2.24) is 19.8 Å². The quantitative estimate of drug-likeness (QED) is 0.900. The van der Waals surface area contributed by atoms with Crippen molar-refractivity contribution in [3.05, 3.63) is 30.1 Å². The fourth-order valence-electron chi connectivity index (χ4n) is 3.05. The van der Waals surface area contributed by atoms with Crippen LogP contribution < -0.4 is 5.32 Å². The molecular weight excluding hydrogens is 292 g/mol. The van der Waals surface area contributed by atoms with Gasteiger partial charge in [-0.1, -0.05) is 12.1 Å². The van der Waals surface area contributed by atoms with Crippen LogP contribution in [-0.4, -0.2) is 59.2 Å². The Hall–Kier alpha value is -1.92. The van der Waals surface area contributed by atoms with Crippen molar-refractivity contribution in [2.24, 2.45) is 0 Å². The molecule has 0 unspecified atom stereocenters. The average molecular weight is 316 g/mol. The van der Waals surface area contributed by atoms with E-state index < -0.39 is 0 Å². The van der Waals surface area contributed by atoms with Crippen LogP contribution in [0.1, 0.15) is 12.7 Å². The Morgan fingerprint density at radius 1 is 1.35 bits per heavy atom. The van der Waals surface area contributed by atoms with Gasteiger partial charge in [-0.25, -0.2) is 4.98 Å². The second-order valence-corrected chi connectivity index (χ2v) is 5.91. The lowest BCUT2D eigenvalue weighted by atomic mass is 10.2. The minimum Gasteiger partial charge on any atom is -0.379 e. The van der Waals surface area contributed by atoms with Gasteiger partial charge >= 0.3 is 0 Å². The highest BCUT2D eigenvalue weighted by molar-refractivity contribution is 5.81. The number of nitrogens with one attached hydrogen (secondary N) is 1. The fourth-order valence-corrected chi connectivity index (χ4v) is 3.05. The molecule has 124 valence electrons. The Morgan fingerprint density at radius 2 is 2.09 bits per heavy atom. The van der Waals surface area contributed by atoms with Crippen molar-refractivity contribution in [3.8, 4) is 0 Å². The summed E-state index contributed by atoms with van der Waals surface area (Å²) in [5, 5.41) is 3.04. The highest BCUT2D eigenvalue weighted by Gasteiger charge is 2.22. The molecule has 3 rings (SSSR count). The number of imidazole rings is 1. The van der Waals surface area contributed by atoms with Gasteiger partial charge < -0.3 is 14.6 Å². The summed E-state index contributed by atoms with van der Waals surface area (Å²) in [4.78, 5) is 19.0. The van der Waals surface area contributed by atoms with E-state index in [-0.39, 0.29) is 11.9 Å². The molecule has 2 heterocycles. The van der Waals surface area contributed by atoms with Crippen LogP contribution in [0, 0.1) is 6.92 Å². The number of benzene rings is 1. The third-order valence-corrected chi connectivity index (χ3v) is 4.45. The molecule has 1 aromatic carbocycles. The first-order valence-electron chi connectivity index (χ1n) is 8.18. The molecule has 2 aromatic rings. The zero-order valence-electron chi connectivity index (χ0n) is 13.8. The minimum atomic E-state index is -0.112. The first-order chi connectivity index (χ1) is 11.2. The first kappa shape index (κ1) is 16.0. The van der Waals surface area contributed by atoms with Gasteiger partial charge in [-0.05, 0) is 26.0 Å². The zero-order chi connectivity index (χ0) is 16.2. The molecular formula is C17H24N4O2. The maximum absolute atomic E-state index is 12.3. The number of para-hydroxylation sites is 2. The Morgan fingerprint density at radius 3 is 2.87 bits per heavy atom. The Balaban J connectivity index is 1.56. The highest BCUT2D eigenvalue weighted by Crippen LogP contribution is 2.14. The molecule has 0 saturated carbocycles. The molecule has 23 heavy (non-hydrogen) atoms. The number of ether oxygens (including phenoxy) is 1. The summed E-state index contributed by atoms with van der Waals surface area (Å²) in [5.74, 6) is 1.05. The van der Waals surface area contributed by atoms with Gasteiger partial charge in [0.25, 0.3) is 0 Å². The molecule has 6 nitrogen and oxygen atoms in total. The van der Waals surface area contributed by atoms with Crippen LogP contribution in [0.2, 0.25) is 0 Å². The topological polar surface area (TPSA) is 59.4 Å². The largest absolute Gasteiger partial charge is 0.379 e. The summed E-state index contributed by atoms with van der Waals surface area (Å²) in [6.45, 7) is 8.34. The predicted octanol–water partition coefficient (Wildman–Crippen LogP) is 1.18. The van der Waals surface area contributed by atoms with E-state index in [1.165, 1.54) is 0 Å². The summed E-state index contributed by atoms with van der Waals surface area (Å²) in [6, 6.07) is 7.97. The lowest BCUT2D eigenvalue weighted by Crippen LogP contribution is -2.50. The second kappa shape index (κ2) is 7.10. The van der Waals surface area contributed by atoms with Gasteiger partial charge in [0.1, 0.15) is 5.82 Å². The number of fused-ring (bicyclic) bond motifs is 1. The van der Waals surface area contributed by atoms with Gasteiger partial charge in [-0.3, -0.25) is 9.69 Å². The summed E-state index contributed by atoms with van der Waals surface area (Å²) in [6.07, 6.45) is 0. The number of nitrogens with zero attached hydrogens (tertiary/aromatic N) is 3. The normalized spacial score (nSPS) is 17.3. The van der Waals surface area contributed by atoms with E-state index in [1.807, 2.05) is 32.0 Å². The van der Waals surface area contributed by atoms with Crippen LogP contribution in [0.4, 0.5) is 0 Å². The molecule has 1 fully saturated rings. The standard InChI is InChI=1S/C17H24N4O2/c1-13(20-9-11-23-12-10-20)17(22)18-7-8-21-14(2)19-15-5-3-4-6-16(15)21/h3-6,13H,7-12H2,1-2H3,(H,18,22)/t13-/m1/s1. The summed E-state index contributed by atoms with van der Waals surface area (Å²) in [7, 11) is 0. The number of rotatable bonds is 5. The van der Waals surface area contributed by atoms with Crippen LogP contribution in [0.5, 0.6) is 0 Å². The Labute approximate surface area is 136 Å². The Bertz CT molecular complexity index is 676. The second-order valence-electron chi connectivity index (χ2n) is 5.91. The zero-order valence-corrected chi connectivity index (χ0v) is 13.8. The number of carbonyl (C=O) groups is 1. The van der Waals surface area contributed by atoms with E-state index in [0.29, 0.717) is 19.8 Å². The molecule has 1 saturated heterocycles. The van der Waals surface area contributed by atoms with Crippen molar-refractivity contribution in [2.45, 2.75) is 26.4 Å². The fraction of sp³-hybridized carbons (Fsp3) is 0.529. The number of morpholine rings is 1. The number of hydrogen-bond donors (Lipinski definition) is 1. The molecule has 6 heteroatoms. The SMILES string of the molecule is Cc1nc2ccccc2n1CCNC(=O)[C@@H](C)N1CCOCC1. The molecule has 1 aliphatic rings.